The number of nitrogens with two attached hydrogens (primary N) is 1. The van der Waals surface area contributed by atoms with Crippen molar-refractivity contribution in [1.29, 1.82) is 0 Å². The Morgan fingerprint density at radius 2 is 2.00 bits per heavy atom. The summed E-state index contributed by atoms with van der Waals surface area (Å²) in [5.41, 5.74) is 7.88. The van der Waals surface area contributed by atoms with E-state index >= 15 is 0 Å². The van der Waals surface area contributed by atoms with Crippen molar-refractivity contribution in [2.45, 2.75) is 6.42 Å². The molecule has 0 spiro atoms. The van der Waals surface area contributed by atoms with Crippen LogP contribution in [0.1, 0.15) is 15.9 Å². The SMILES string of the molecule is COc1cccc(NC(=O)c2ccccc2CCN)c1. The number of ether oxygens (including phenoxy) is 1. The van der Waals surface area contributed by atoms with Crippen molar-refractivity contribution in [3.8, 4) is 5.75 Å². The maximum atomic E-state index is 12.3. The molecule has 0 radical (unpaired) electrons. The lowest BCUT2D eigenvalue weighted by Gasteiger charge is -2.10. The van der Waals surface area contributed by atoms with E-state index < -0.39 is 0 Å². The van der Waals surface area contributed by atoms with Gasteiger partial charge in [-0.25, -0.2) is 0 Å². The molecule has 2 aromatic carbocycles. The molecule has 2 aromatic rings. The molecule has 0 aliphatic rings. The standard InChI is InChI=1S/C16H18N2O2/c1-20-14-7-4-6-13(11-14)18-16(19)15-8-3-2-5-12(15)9-10-17/h2-8,11H,9-10,17H2,1H3,(H,18,19). The maximum Gasteiger partial charge on any atom is 0.255 e. The lowest BCUT2D eigenvalue weighted by molar-refractivity contribution is 0.102. The lowest BCUT2D eigenvalue weighted by Crippen LogP contribution is -2.15. The quantitative estimate of drug-likeness (QED) is 0.877. The van der Waals surface area contributed by atoms with E-state index in [9.17, 15) is 4.79 Å². The van der Waals surface area contributed by atoms with Crippen LogP contribution in [0.2, 0.25) is 0 Å². The molecule has 0 aromatic heterocycles. The highest BCUT2D eigenvalue weighted by Crippen LogP contribution is 2.18. The van der Waals surface area contributed by atoms with Gasteiger partial charge in [0.2, 0.25) is 0 Å². The van der Waals surface area contributed by atoms with Crippen LogP contribution in [0.5, 0.6) is 5.75 Å². The van der Waals surface area contributed by atoms with Crippen molar-refractivity contribution >= 4 is 11.6 Å². The van der Waals surface area contributed by atoms with E-state index in [0.717, 1.165) is 5.56 Å². The molecule has 4 nitrogen and oxygen atoms in total. The Labute approximate surface area is 118 Å². The Bertz CT molecular complexity index is 597. The van der Waals surface area contributed by atoms with Crippen molar-refractivity contribution in [3.63, 3.8) is 0 Å². The van der Waals surface area contributed by atoms with Crippen molar-refractivity contribution < 1.29 is 9.53 Å². The van der Waals surface area contributed by atoms with Crippen molar-refractivity contribution in [1.82, 2.24) is 0 Å². The highest BCUT2D eigenvalue weighted by Gasteiger charge is 2.10. The highest BCUT2D eigenvalue weighted by molar-refractivity contribution is 6.05. The largest absolute Gasteiger partial charge is 0.497 e. The fraction of sp³-hybridized carbons (Fsp3) is 0.188. The second-order valence-corrected chi connectivity index (χ2v) is 4.38. The number of carbonyl (C=O) groups is 1. The molecule has 0 fully saturated rings. The molecule has 4 heteroatoms. The molecule has 0 atom stereocenters. The first-order valence-electron chi connectivity index (χ1n) is 6.48. The van der Waals surface area contributed by atoms with E-state index in [4.69, 9.17) is 10.5 Å². The van der Waals surface area contributed by atoms with Crippen molar-refractivity contribution in [3.05, 3.63) is 59.7 Å². The first kappa shape index (κ1) is 14.1. The monoisotopic (exact) mass is 270 g/mol. The van der Waals surface area contributed by atoms with Gasteiger partial charge in [0.05, 0.1) is 7.11 Å². The Morgan fingerprint density at radius 1 is 1.20 bits per heavy atom. The van der Waals surface area contributed by atoms with E-state index in [1.54, 1.807) is 19.2 Å². The first-order chi connectivity index (χ1) is 9.74. The normalized spacial score (nSPS) is 10.1. The number of benzene rings is 2. The Morgan fingerprint density at radius 3 is 2.75 bits per heavy atom. The number of hydrogen-bond acceptors (Lipinski definition) is 3. The third kappa shape index (κ3) is 3.36. The summed E-state index contributed by atoms with van der Waals surface area (Å²) >= 11 is 0. The number of nitrogens with one attached hydrogen (secondary N) is 1. The van der Waals surface area contributed by atoms with Gasteiger partial charge in [-0.1, -0.05) is 24.3 Å². The average molecular weight is 270 g/mol. The molecule has 0 saturated carbocycles. The zero-order chi connectivity index (χ0) is 14.4. The topological polar surface area (TPSA) is 64.3 Å². The molecule has 0 aliphatic carbocycles. The minimum Gasteiger partial charge on any atom is -0.497 e. The number of methoxy groups -OCH3 is 1. The van der Waals surface area contributed by atoms with Gasteiger partial charge in [0.15, 0.2) is 0 Å². The van der Waals surface area contributed by atoms with Gasteiger partial charge in [-0.2, -0.15) is 0 Å². The summed E-state index contributed by atoms with van der Waals surface area (Å²) in [5, 5.41) is 2.87. The summed E-state index contributed by atoms with van der Waals surface area (Å²) < 4.78 is 5.14. The van der Waals surface area contributed by atoms with Gasteiger partial charge in [-0.15, -0.1) is 0 Å². The second kappa shape index (κ2) is 6.73. The third-order valence-electron chi connectivity index (χ3n) is 3.00. The third-order valence-corrected chi connectivity index (χ3v) is 3.00. The minimum atomic E-state index is -0.137. The minimum absolute atomic E-state index is 0.137. The number of carbonyl (C=O) groups excluding carboxylic acids is 1. The van der Waals surface area contributed by atoms with Gasteiger partial charge in [0.1, 0.15) is 5.75 Å². The predicted molar refractivity (Wildman–Crippen MR) is 80.1 cm³/mol. The lowest BCUT2D eigenvalue weighted by atomic mass is 10.0. The Kier molecular flexibility index (Phi) is 4.74. The van der Waals surface area contributed by atoms with Crippen molar-refractivity contribution in [2.24, 2.45) is 5.73 Å². The Hall–Kier alpha value is -2.33. The Balaban J connectivity index is 2.19. The van der Waals surface area contributed by atoms with E-state index in [1.807, 2.05) is 36.4 Å². The fourth-order valence-electron chi connectivity index (χ4n) is 2.01. The van der Waals surface area contributed by atoms with E-state index in [-0.39, 0.29) is 5.91 Å². The molecule has 0 unspecified atom stereocenters. The summed E-state index contributed by atoms with van der Waals surface area (Å²) in [7, 11) is 1.59. The van der Waals surface area contributed by atoms with Crippen LogP contribution in [0, 0.1) is 0 Å². The smallest absolute Gasteiger partial charge is 0.255 e. The molecule has 0 saturated heterocycles. The number of amides is 1. The molecule has 0 heterocycles. The number of rotatable bonds is 5. The molecule has 20 heavy (non-hydrogen) atoms. The van der Waals surface area contributed by atoms with Crippen LogP contribution in [0.3, 0.4) is 0 Å². The summed E-state index contributed by atoms with van der Waals surface area (Å²) in [6, 6.07) is 14.8. The van der Waals surface area contributed by atoms with Crippen LogP contribution in [0.15, 0.2) is 48.5 Å². The van der Waals surface area contributed by atoms with Crippen LogP contribution in [0.4, 0.5) is 5.69 Å². The highest BCUT2D eigenvalue weighted by atomic mass is 16.5. The number of hydrogen-bond donors (Lipinski definition) is 2. The van der Waals surface area contributed by atoms with Crippen LogP contribution in [-0.2, 0) is 6.42 Å². The van der Waals surface area contributed by atoms with Gasteiger partial charge >= 0.3 is 0 Å². The van der Waals surface area contributed by atoms with Crippen LogP contribution < -0.4 is 15.8 Å². The van der Waals surface area contributed by atoms with Gasteiger partial charge in [0.25, 0.3) is 5.91 Å². The van der Waals surface area contributed by atoms with Crippen LogP contribution in [0.25, 0.3) is 0 Å². The molecule has 0 aliphatic heterocycles. The molecular weight excluding hydrogens is 252 g/mol. The summed E-state index contributed by atoms with van der Waals surface area (Å²) in [5.74, 6) is 0.570. The zero-order valence-electron chi connectivity index (χ0n) is 11.4. The van der Waals surface area contributed by atoms with E-state index in [2.05, 4.69) is 5.32 Å². The summed E-state index contributed by atoms with van der Waals surface area (Å²) in [4.78, 5) is 12.3. The van der Waals surface area contributed by atoms with Gasteiger partial charge in [-0.3, -0.25) is 4.79 Å². The van der Waals surface area contributed by atoms with E-state index in [1.165, 1.54) is 0 Å². The van der Waals surface area contributed by atoms with Gasteiger partial charge < -0.3 is 15.8 Å². The molecule has 1 amide bonds. The second-order valence-electron chi connectivity index (χ2n) is 4.38. The van der Waals surface area contributed by atoms with Crippen molar-refractivity contribution in [2.75, 3.05) is 19.0 Å². The zero-order valence-corrected chi connectivity index (χ0v) is 11.4. The van der Waals surface area contributed by atoms with Crippen LogP contribution in [-0.4, -0.2) is 19.6 Å². The average Bonchev–Trinajstić information content (AvgIpc) is 2.48. The van der Waals surface area contributed by atoms with Gasteiger partial charge in [-0.05, 0) is 36.7 Å². The fourth-order valence-corrected chi connectivity index (χ4v) is 2.01. The van der Waals surface area contributed by atoms with Crippen LogP contribution >= 0.6 is 0 Å². The van der Waals surface area contributed by atoms with E-state index in [0.29, 0.717) is 30.0 Å². The molecule has 2 rings (SSSR count). The molecule has 3 N–H and O–H groups in total. The predicted octanol–water partition coefficient (Wildman–Crippen LogP) is 2.45. The summed E-state index contributed by atoms with van der Waals surface area (Å²) in [6.45, 7) is 0.517. The summed E-state index contributed by atoms with van der Waals surface area (Å²) in [6.07, 6.45) is 0.682. The first-order valence-corrected chi connectivity index (χ1v) is 6.48. The number of anilines is 1. The van der Waals surface area contributed by atoms with Gasteiger partial charge in [0, 0.05) is 17.3 Å². The molecule has 104 valence electrons. The molecular formula is C16H18N2O2. The molecule has 0 bridgehead atoms. The maximum absolute atomic E-state index is 12.3.